The molecule has 3 nitrogen and oxygen atoms in total. The van der Waals surface area contributed by atoms with E-state index in [1.165, 1.54) is 19.3 Å². The van der Waals surface area contributed by atoms with Crippen LogP contribution in [0.2, 0.25) is 0 Å². The van der Waals surface area contributed by atoms with Gasteiger partial charge < -0.3 is 10.1 Å². The first-order chi connectivity index (χ1) is 8.11. The summed E-state index contributed by atoms with van der Waals surface area (Å²) in [6.07, 6.45) is 4.09. The zero-order valence-electron chi connectivity index (χ0n) is 11.0. The Hall–Kier alpha value is -1.09. The third-order valence-electron chi connectivity index (χ3n) is 3.63. The number of rotatable bonds is 5. The minimum atomic E-state index is 0.522. The summed E-state index contributed by atoms with van der Waals surface area (Å²) in [5.41, 5.74) is 2.59. The van der Waals surface area contributed by atoms with Crippen LogP contribution in [0.15, 0.2) is 12.1 Å². The highest BCUT2D eigenvalue weighted by molar-refractivity contribution is 5.26. The highest BCUT2D eigenvalue weighted by Crippen LogP contribution is 2.39. The van der Waals surface area contributed by atoms with Gasteiger partial charge in [-0.05, 0) is 25.2 Å². The number of aromatic nitrogens is 1. The Morgan fingerprint density at radius 2 is 2.18 bits per heavy atom. The summed E-state index contributed by atoms with van der Waals surface area (Å²) in [5, 5.41) is 3.50. The summed E-state index contributed by atoms with van der Waals surface area (Å²) in [5.74, 6) is 0.893. The van der Waals surface area contributed by atoms with Crippen LogP contribution in [0.5, 0.6) is 5.75 Å². The van der Waals surface area contributed by atoms with Gasteiger partial charge in [-0.3, -0.25) is 4.98 Å². The van der Waals surface area contributed by atoms with Crippen LogP contribution in [0.25, 0.3) is 0 Å². The maximum absolute atomic E-state index is 5.25. The van der Waals surface area contributed by atoms with Gasteiger partial charge in [-0.1, -0.05) is 13.3 Å². The third kappa shape index (κ3) is 3.19. The highest BCUT2D eigenvalue weighted by atomic mass is 16.5. The standard InChI is InChI=1S/C14H22N2O/c1-11-7-13(17-3)8-12(16-11)9-15-10-14(2)5-4-6-14/h7-8,15H,4-6,9-10H2,1-3H3. The Morgan fingerprint density at radius 1 is 1.41 bits per heavy atom. The zero-order valence-corrected chi connectivity index (χ0v) is 11.0. The Labute approximate surface area is 104 Å². The molecular weight excluding hydrogens is 212 g/mol. The molecule has 0 spiro atoms. The molecule has 1 saturated carbocycles. The average molecular weight is 234 g/mol. The number of pyridine rings is 1. The van der Waals surface area contributed by atoms with E-state index in [4.69, 9.17) is 4.74 Å². The molecular formula is C14H22N2O. The van der Waals surface area contributed by atoms with E-state index >= 15 is 0 Å². The number of methoxy groups -OCH3 is 1. The quantitative estimate of drug-likeness (QED) is 0.850. The monoisotopic (exact) mass is 234 g/mol. The van der Waals surface area contributed by atoms with Crippen LogP contribution in [0.3, 0.4) is 0 Å². The smallest absolute Gasteiger partial charge is 0.122 e. The van der Waals surface area contributed by atoms with Crippen molar-refractivity contribution in [1.29, 1.82) is 0 Å². The molecule has 0 radical (unpaired) electrons. The number of aryl methyl sites for hydroxylation is 1. The summed E-state index contributed by atoms with van der Waals surface area (Å²) in [4.78, 5) is 4.50. The third-order valence-corrected chi connectivity index (χ3v) is 3.63. The SMILES string of the molecule is COc1cc(C)nc(CNCC2(C)CCC2)c1. The second-order valence-corrected chi connectivity index (χ2v) is 5.41. The van der Waals surface area contributed by atoms with E-state index in [9.17, 15) is 0 Å². The largest absolute Gasteiger partial charge is 0.497 e. The molecule has 0 aromatic carbocycles. The van der Waals surface area contributed by atoms with E-state index in [1.54, 1.807) is 7.11 Å². The first kappa shape index (κ1) is 12.4. The van der Waals surface area contributed by atoms with Gasteiger partial charge in [0.1, 0.15) is 5.75 Å². The normalized spacial score (nSPS) is 17.6. The van der Waals surface area contributed by atoms with Crippen molar-refractivity contribution in [2.45, 2.75) is 39.7 Å². The molecule has 17 heavy (non-hydrogen) atoms. The van der Waals surface area contributed by atoms with Crippen molar-refractivity contribution < 1.29 is 4.74 Å². The molecule has 0 unspecified atom stereocenters. The summed E-state index contributed by atoms with van der Waals surface area (Å²) >= 11 is 0. The van der Waals surface area contributed by atoms with E-state index in [2.05, 4.69) is 17.2 Å². The fourth-order valence-corrected chi connectivity index (χ4v) is 2.36. The fourth-order valence-electron chi connectivity index (χ4n) is 2.36. The van der Waals surface area contributed by atoms with Crippen molar-refractivity contribution in [1.82, 2.24) is 10.3 Å². The van der Waals surface area contributed by atoms with E-state index in [1.807, 2.05) is 19.1 Å². The van der Waals surface area contributed by atoms with Crippen LogP contribution in [0, 0.1) is 12.3 Å². The molecule has 1 aliphatic carbocycles. The van der Waals surface area contributed by atoms with Crippen molar-refractivity contribution in [2.24, 2.45) is 5.41 Å². The van der Waals surface area contributed by atoms with E-state index in [0.29, 0.717) is 5.41 Å². The van der Waals surface area contributed by atoms with Gasteiger partial charge in [-0.25, -0.2) is 0 Å². The molecule has 1 aromatic heterocycles. The van der Waals surface area contributed by atoms with Crippen LogP contribution >= 0.6 is 0 Å². The second kappa shape index (κ2) is 5.05. The number of ether oxygens (including phenoxy) is 1. The topological polar surface area (TPSA) is 34.1 Å². The predicted molar refractivity (Wildman–Crippen MR) is 69.2 cm³/mol. The van der Waals surface area contributed by atoms with Crippen molar-refractivity contribution in [3.8, 4) is 5.75 Å². The molecule has 0 saturated heterocycles. The molecule has 3 heteroatoms. The highest BCUT2D eigenvalue weighted by Gasteiger charge is 2.30. The van der Waals surface area contributed by atoms with Gasteiger partial charge in [0.25, 0.3) is 0 Å². The fraction of sp³-hybridized carbons (Fsp3) is 0.643. The number of hydrogen-bond acceptors (Lipinski definition) is 3. The molecule has 0 bridgehead atoms. The number of hydrogen-bond donors (Lipinski definition) is 1. The molecule has 1 N–H and O–H groups in total. The molecule has 1 aliphatic rings. The minimum Gasteiger partial charge on any atom is -0.497 e. The second-order valence-electron chi connectivity index (χ2n) is 5.41. The van der Waals surface area contributed by atoms with Gasteiger partial charge >= 0.3 is 0 Å². The average Bonchev–Trinajstić information content (AvgIpc) is 2.26. The van der Waals surface area contributed by atoms with Gasteiger partial charge in [0, 0.05) is 30.9 Å². The zero-order chi connectivity index (χ0) is 12.3. The molecule has 1 heterocycles. The van der Waals surface area contributed by atoms with Crippen molar-refractivity contribution in [3.63, 3.8) is 0 Å². The summed E-state index contributed by atoms with van der Waals surface area (Å²) in [6.45, 7) is 6.27. The molecule has 0 atom stereocenters. The summed E-state index contributed by atoms with van der Waals surface area (Å²) in [7, 11) is 1.70. The lowest BCUT2D eigenvalue weighted by Gasteiger charge is -2.38. The minimum absolute atomic E-state index is 0.522. The maximum atomic E-state index is 5.25. The molecule has 0 amide bonds. The number of nitrogens with one attached hydrogen (secondary N) is 1. The Balaban J connectivity index is 1.87. The Bertz CT molecular complexity index is 386. The lowest BCUT2D eigenvalue weighted by Crippen LogP contribution is -2.37. The van der Waals surface area contributed by atoms with Crippen molar-refractivity contribution >= 4 is 0 Å². The van der Waals surface area contributed by atoms with Crippen LogP contribution in [-0.2, 0) is 6.54 Å². The first-order valence-corrected chi connectivity index (χ1v) is 6.34. The molecule has 2 rings (SSSR count). The van der Waals surface area contributed by atoms with Gasteiger partial charge in [-0.15, -0.1) is 0 Å². The van der Waals surface area contributed by atoms with Crippen LogP contribution in [-0.4, -0.2) is 18.6 Å². The molecule has 94 valence electrons. The molecule has 1 aromatic rings. The van der Waals surface area contributed by atoms with Gasteiger partial charge in [0.05, 0.1) is 12.8 Å². The van der Waals surface area contributed by atoms with Crippen LogP contribution in [0.4, 0.5) is 0 Å². The lowest BCUT2D eigenvalue weighted by molar-refractivity contribution is 0.156. The van der Waals surface area contributed by atoms with Crippen molar-refractivity contribution in [2.75, 3.05) is 13.7 Å². The lowest BCUT2D eigenvalue weighted by atomic mass is 9.70. The molecule has 0 aliphatic heterocycles. The Kier molecular flexibility index (Phi) is 3.67. The van der Waals surface area contributed by atoms with Crippen LogP contribution < -0.4 is 10.1 Å². The van der Waals surface area contributed by atoms with E-state index in [0.717, 1.165) is 30.2 Å². The van der Waals surface area contributed by atoms with E-state index in [-0.39, 0.29) is 0 Å². The van der Waals surface area contributed by atoms with E-state index < -0.39 is 0 Å². The number of nitrogens with zero attached hydrogens (tertiary/aromatic N) is 1. The van der Waals surface area contributed by atoms with Crippen LogP contribution in [0.1, 0.15) is 37.6 Å². The predicted octanol–water partition coefficient (Wildman–Crippen LogP) is 2.68. The van der Waals surface area contributed by atoms with Gasteiger partial charge in [0.2, 0.25) is 0 Å². The maximum Gasteiger partial charge on any atom is 0.122 e. The summed E-state index contributed by atoms with van der Waals surface area (Å²) < 4.78 is 5.25. The molecule has 1 fully saturated rings. The van der Waals surface area contributed by atoms with Crippen molar-refractivity contribution in [3.05, 3.63) is 23.5 Å². The summed E-state index contributed by atoms with van der Waals surface area (Å²) in [6, 6.07) is 3.96. The Morgan fingerprint density at radius 3 is 2.76 bits per heavy atom. The van der Waals surface area contributed by atoms with Gasteiger partial charge in [0.15, 0.2) is 0 Å². The van der Waals surface area contributed by atoms with Gasteiger partial charge in [-0.2, -0.15) is 0 Å². The first-order valence-electron chi connectivity index (χ1n) is 6.34.